The minimum atomic E-state index is -0.401. The molecule has 0 aromatic rings. The maximum Gasteiger partial charge on any atom is 0.306 e. The molecule has 0 bridgehead atoms. The molecular formula is C13H24O3. The first kappa shape index (κ1) is 15.1. The van der Waals surface area contributed by atoms with Crippen molar-refractivity contribution < 1.29 is 14.3 Å². The van der Waals surface area contributed by atoms with Crippen molar-refractivity contribution in [3.05, 3.63) is 0 Å². The van der Waals surface area contributed by atoms with Crippen molar-refractivity contribution in [1.82, 2.24) is 0 Å². The van der Waals surface area contributed by atoms with Crippen LogP contribution in [0.4, 0.5) is 0 Å². The largest absolute Gasteiger partial charge is 0.469 e. The number of carbonyl (C=O) groups excluding carboxylic acids is 2. The average molecular weight is 228 g/mol. The topological polar surface area (TPSA) is 43.4 Å². The van der Waals surface area contributed by atoms with E-state index in [-0.39, 0.29) is 30.0 Å². The van der Waals surface area contributed by atoms with Crippen molar-refractivity contribution in [2.24, 2.45) is 17.3 Å². The van der Waals surface area contributed by atoms with Gasteiger partial charge >= 0.3 is 5.97 Å². The molecule has 0 amide bonds. The van der Waals surface area contributed by atoms with Crippen LogP contribution in [-0.2, 0) is 14.3 Å². The summed E-state index contributed by atoms with van der Waals surface area (Å²) in [5, 5.41) is 0. The van der Waals surface area contributed by atoms with Gasteiger partial charge in [-0.15, -0.1) is 0 Å². The number of ketones is 1. The predicted octanol–water partition coefficient (Wildman–Crippen LogP) is 2.83. The molecule has 0 aliphatic rings. The molecule has 94 valence electrons. The Morgan fingerprint density at radius 2 is 1.75 bits per heavy atom. The molecule has 0 rings (SSSR count). The standard InChI is InChI=1S/C13H24O3/c1-7-9(2)10(8-11(14)16-6)12(15)13(3,4)5/h9-10H,7-8H2,1-6H3/t9-,10?/m0/s1. The summed E-state index contributed by atoms with van der Waals surface area (Å²) < 4.78 is 4.65. The van der Waals surface area contributed by atoms with Crippen LogP contribution >= 0.6 is 0 Å². The van der Waals surface area contributed by atoms with Crippen LogP contribution in [0.2, 0.25) is 0 Å². The van der Waals surface area contributed by atoms with E-state index in [1.54, 1.807) is 0 Å². The quantitative estimate of drug-likeness (QED) is 0.680. The van der Waals surface area contributed by atoms with Crippen LogP contribution in [0.1, 0.15) is 47.5 Å². The number of esters is 1. The first-order valence-corrected chi connectivity index (χ1v) is 5.85. The van der Waals surface area contributed by atoms with Gasteiger partial charge in [-0.1, -0.05) is 41.0 Å². The second-order valence-electron chi connectivity index (χ2n) is 5.39. The van der Waals surface area contributed by atoms with Gasteiger partial charge < -0.3 is 4.74 Å². The van der Waals surface area contributed by atoms with E-state index in [4.69, 9.17) is 0 Å². The number of methoxy groups -OCH3 is 1. The number of rotatable bonds is 5. The van der Waals surface area contributed by atoms with Crippen molar-refractivity contribution in [2.45, 2.75) is 47.5 Å². The molecular weight excluding hydrogens is 204 g/mol. The highest BCUT2D eigenvalue weighted by molar-refractivity contribution is 5.89. The molecule has 2 atom stereocenters. The number of carbonyl (C=O) groups is 2. The highest BCUT2D eigenvalue weighted by Gasteiger charge is 2.34. The fraction of sp³-hybridized carbons (Fsp3) is 0.846. The zero-order chi connectivity index (χ0) is 12.9. The van der Waals surface area contributed by atoms with E-state index < -0.39 is 5.41 Å². The van der Waals surface area contributed by atoms with Crippen molar-refractivity contribution in [2.75, 3.05) is 7.11 Å². The SMILES string of the molecule is CC[C@H](C)C(CC(=O)OC)C(=O)C(C)(C)C. The fourth-order valence-electron chi connectivity index (χ4n) is 1.66. The molecule has 0 aromatic heterocycles. The zero-order valence-corrected chi connectivity index (χ0v) is 11.3. The zero-order valence-electron chi connectivity index (χ0n) is 11.3. The Balaban J connectivity index is 4.81. The van der Waals surface area contributed by atoms with Crippen molar-refractivity contribution >= 4 is 11.8 Å². The van der Waals surface area contributed by atoms with E-state index in [2.05, 4.69) is 4.74 Å². The van der Waals surface area contributed by atoms with E-state index in [1.807, 2.05) is 34.6 Å². The lowest BCUT2D eigenvalue weighted by Gasteiger charge is -2.27. The Kier molecular flexibility index (Phi) is 5.70. The van der Waals surface area contributed by atoms with Gasteiger partial charge in [0.05, 0.1) is 13.5 Å². The van der Waals surface area contributed by atoms with Crippen LogP contribution in [0.3, 0.4) is 0 Å². The molecule has 0 N–H and O–H groups in total. The number of ether oxygens (including phenoxy) is 1. The van der Waals surface area contributed by atoms with Crippen molar-refractivity contribution in [3.8, 4) is 0 Å². The van der Waals surface area contributed by atoms with Crippen LogP contribution in [0.5, 0.6) is 0 Å². The van der Waals surface area contributed by atoms with Crippen LogP contribution in [0.15, 0.2) is 0 Å². The van der Waals surface area contributed by atoms with Gasteiger partial charge in [0.15, 0.2) is 0 Å². The summed E-state index contributed by atoms with van der Waals surface area (Å²) in [5.74, 6) is -0.168. The average Bonchev–Trinajstić information content (AvgIpc) is 2.22. The van der Waals surface area contributed by atoms with Crippen LogP contribution in [0, 0.1) is 17.3 Å². The third-order valence-corrected chi connectivity index (χ3v) is 3.02. The summed E-state index contributed by atoms with van der Waals surface area (Å²) in [6.45, 7) is 9.72. The molecule has 3 nitrogen and oxygen atoms in total. The molecule has 0 aliphatic carbocycles. The molecule has 0 saturated carbocycles. The molecule has 0 spiro atoms. The Bertz CT molecular complexity index is 250. The van der Waals surface area contributed by atoms with Gasteiger partial charge in [-0.25, -0.2) is 0 Å². The summed E-state index contributed by atoms with van der Waals surface area (Å²) in [6.07, 6.45) is 1.09. The predicted molar refractivity (Wildman–Crippen MR) is 64.0 cm³/mol. The molecule has 16 heavy (non-hydrogen) atoms. The van der Waals surface area contributed by atoms with Gasteiger partial charge in [-0.05, 0) is 5.92 Å². The highest BCUT2D eigenvalue weighted by Crippen LogP contribution is 2.29. The van der Waals surface area contributed by atoms with Gasteiger partial charge in [0.2, 0.25) is 0 Å². The van der Waals surface area contributed by atoms with E-state index in [1.165, 1.54) is 7.11 Å². The van der Waals surface area contributed by atoms with Gasteiger partial charge in [0.1, 0.15) is 5.78 Å². The highest BCUT2D eigenvalue weighted by atomic mass is 16.5. The normalized spacial score (nSPS) is 15.4. The van der Waals surface area contributed by atoms with E-state index >= 15 is 0 Å². The maximum absolute atomic E-state index is 12.2. The molecule has 0 saturated heterocycles. The molecule has 0 radical (unpaired) electrons. The Morgan fingerprint density at radius 1 is 1.25 bits per heavy atom. The van der Waals surface area contributed by atoms with Crippen LogP contribution in [0.25, 0.3) is 0 Å². The lowest BCUT2D eigenvalue weighted by Crippen LogP contribution is -2.34. The first-order chi connectivity index (χ1) is 7.23. The lowest BCUT2D eigenvalue weighted by atomic mass is 9.75. The summed E-state index contributed by atoms with van der Waals surface area (Å²) >= 11 is 0. The third-order valence-electron chi connectivity index (χ3n) is 3.02. The molecule has 3 heteroatoms. The fourth-order valence-corrected chi connectivity index (χ4v) is 1.66. The van der Waals surface area contributed by atoms with E-state index in [0.29, 0.717) is 0 Å². The summed E-state index contributed by atoms with van der Waals surface area (Å²) in [5.41, 5.74) is -0.401. The van der Waals surface area contributed by atoms with E-state index in [9.17, 15) is 9.59 Å². The number of hydrogen-bond acceptors (Lipinski definition) is 3. The van der Waals surface area contributed by atoms with Crippen LogP contribution in [-0.4, -0.2) is 18.9 Å². The molecule has 0 heterocycles. The molecule has 0 fully saturated rings. The third kappa shape index (κ3) is 4.33. The van der Waals surface area contributed by atoms with Gasteiger partial charge in [0, 0.05) is 11.3 Å². The van der Waals surface area contributed by atoms with Crippen LogP contribution < -0.4 is 0 Å². The lowest BCUT2D eigenvalue weighted by molar-refractivity contribution is -0.146. The molecule has 0 aliphatic heterocycles. The molecule has 0 aromatic carbocycles. The number of Topliss-reactive ketones (excluding diaryl/α,β-unsaturated/α-hetero) is 1. The minimum Gasteiger partial charge on any atom is -0.469 e. The van der Waals surface area contributed by atoms with Crippen molar-refractivity contribution in [1.29, 1.82) is 0 Å². The Hall–Kier alpha value is -0.860. The second kappa shape index (κ2) is 6.02. The summed E-state index contributed by atoms with van der Waals surface area (Å²) in [7, 11) is 1.36. The van der Waals surface area contributed by atoms with Gasteiger partial charge in [-0.2, -0.15) is 0 Å². The first-order valence-electron chi connectivity index (χ1n) is 5.85. The Labute approximate surface area is 98.6 Å². The van der Waals surface area contributed by atoms with Crippen molar-refractivity contribution in [3.63, 3.8) is 0 Å². The molecule has 1 unspecified atom stereocenters. The second-order valence-corrected chi connectivity index (χ2v) is 5.39. The monoisotopic (exact) mass is 228 g/mol. The summed E-state index contributed by atoms with van der Waals surface area (Å²) in [6, 6.07) is 0. The Morgan fingerprint density at radius 3 is 2.06 bits per heavy atom. The summed E-state index contributed by atoms with van der Waals surface area (Å²) in [4.78, 5) is 23.5. The van der Waals surface area contributed by atoms with Gasteiger partial charge in [0.25, 0.3) is 0 Å². The minimum absolute atomic E-state index is 0.146. The van der Waals surface area contributed by atoms with Gasteiger partial charge in [-0.3, -0.25) is 9.59 Å². The maximum atomic E-state index is 12.2. The van der Waals surface area contributed by atoms with E-state index in [0.717, 1.165) is 6.42 Å². The smallest absolute Gasteiger partial charge is 0.306 e. The number of hydrogen-bond donors (Lipinski definition) is 0.